The molecule has 9 heteroatoms. The minimum Gasteiger partial charge on any atom is -0.497 e. The van der Waals surface area contributed by atoms with Crippen LogP contribution in [-0.4, -0.2) is 36.6 Å². The van der Waals surface area contributed by atoms with E-state index in [-0.39, 0.29) is 34.2 Å². The van der Waals surface area contributed by atoms with E-state index < -0.39 is 11.9 Å². The summed E-state index contributed by atoms with van der Waals surface area (Å²) in [5.74, 6) is 0.880. The summed E-state index contributed by atoms with van der Waals surface area (Å²) in [7, 11) is 3.08. The summed E-state index contributed by atoms with van der Waals surface area (Å²) in [6, 6.07) is 11.1. The summed E-state index contributed by atoms with van der Waals surface area (Å²) in [5, 5.41) is 0.180. The van der Waals surface area contributed by atoms with E-state index in [4.69, 9.17) is 21.1 Å². The number of aromatic nitrogens is 1. The fourth-order valence-electron chi connectivity index (χ4n) is 4.03. The molecule has 0 radical (unpaired) electrons. The Labute approximate surface area is 193 Å². The standard InChI is InChI=1S/C24H20ClF3N2O3/c1-32-16-8-14(9-17(12-16)33-2)13-30-7-5-18-20(10-15(25)11-21(18)23(30)31)19-4-3-6-29-22(19)24(26,27)28/h3-4,6,8-12H,5,7,13H2,1-2H3. The van der Waals surface area contributed by atoms with Crippen LogP contribution in [0.25, 0.3) is 11.1 Å². The Hall–Kier alpha value is -3.26. The third-order valence-corrected chi connectivity index (χ3v) is 5.73. The normalized spacial score (nSPS) is 13.6. The van der Waals surface area contributed by atoms with E-state index >= 15 is 0 Å². The first-order chi connectivity index (χ1) is 15.7. The van der Waals surface area contributed by atoms with E-state index in [1.807, 2.05) is 0 Å². The molecule has 1 aromatic heterocycles. The molecule has 172 valence electrons. The molecule has 0 spiro atoms. The van der Waals surface area contributed by atoms with Crippen molar-refractivity contribution in [2.24, 2.45) is 0 Å². The molecule has 4 rings (SSSR count). The van der Waals surface area contributed by atoms with Gasteiger partial charge >= 0.3 is 6.18 Å². The summed E-state index contributed by atoms with van der Waals surface area (Å²) in [6.45, 7) is 0.621. The number of benzene rings is 2. The molecule has 0 fully saturated rings. The highest BCUT2D eigenvalue weighted by Crippen LogP contribution is 2.40. The van der Waals surface area contributed by atoms with Gasteiger partial charge in [-0.15, -0.1) is 0 Å². The first kappa shape index (κ1) is 22.9. The van der Waals surface area contributed by atoms with Gasteiger partial charge in [-0.1, -0.05) is 17.7 Å². The minimum absolute atomic E-state index is 0.0949. The predicted molar refractivity (Wildman–Crippen MR) is 118 cm³/mol. The predicted octanol–water partition coefficient (Wildman–Crippen LogP) is 5.64. The second kappa shape index (κ2) is 8.94. The van der Waals surface area contributed by atoms with Crippen molar-refractivity contribution in [3.8, 4) is 22.6 Å². The molecule has 0 saturated heterocycles. The number of ether oxygens (including phenoxy) is 2. The number of pyridine rings is 1. The Bertz CT molecular complexity index is 1190. The topological polar surface area (TPSA) is 51.7 Å². The molecule has 0 N–H and O–H groups in total. The molecule has 33 heavy (non-hydrogen) atoms. The molecule has 0 aliphatic carbocycles. The van der Waals surface area contributed by atoms with Gasteiger partial charge in [-0.25, -0.2) is 0 Å². The summed E-state index contributed by atoms with van der Waals surface area (Å²) in [5.41, 5.74) is 0.791. The number of amides is 1. The van der Waals surface area contributed by atoms with Crippen molar-refractivity contribution in [1.82, 2.24) is 9.88 Å². The van der Waals surface area contributed by atoms with Gasteiger partial charge in [0.05, 0.1) is 14.2 Å². The van der Waals surface area contributed by atoms with E-state index in [1.165, 1.54) is 38.5 Å². The number of hydrogen-bond acceptors (Lipinski definition) is 4. The van der Waals surface area contributed by atoms with Crippen molar-refractivity contribution in [1.29, 1.82) is 0 Å². The number of hydrogen-bond donors (Lipinski definition) is 0. The van der Waals surface area contributed by atoms with Crippen LogP contribution >= 0.6 is 11.6 Å². The van der Waals surface area contributed by atoms with Crippen molar-refractivity contribution in [2.45, 2.75) is 19.1 Å². The zero-order valence-electron chi connectivity index (χ0n) is 17.9. The van der Waals surface area contributed by atoms with Gasteiger partial charge in [-0.05, 0) is 53.4 Å². The lowest BCUT2D eigenvalue weighted by atomic mass is 9.89. The molecule has 5 nitrogen and oxygen atoms in total. The van der Waals surface area contributed by atoms with Gasteiger partial charge in [0.2, 0.25) is 0 Å². The Balaban J connectivity index is 1.73. The molecule has 3 aromatic rings. The van der Waals surface area contributed by atoms with Crippen LogP contribution in [0.3, 0.4) is 0 Å². The highest BCUT2D eigenvalue weighted by atomic mass is 35.5. The van der Waals surface area contributed by atoms with Gasteiger partial charge < -0.3 is 14.4 Å². The number of fused-ring (bicyclic) bond motifs is 1. The van der Waals surface area contributed by atoms with Gasteiger partial charge in [0.15, 0.2) is 5.69 Å². The van der Waals surface area contributed by atoms with Crippen molar-refractivity contribution < 1.29 is 27.4 Å². The number of halogens is 4. The molecular weight excluding hydrogens is 457 g/mol. The number of carbonyl (C=O) groups is 1. The zero-order valence-corrected chi connectivity index (χ0v) is 18.6. The van der Waals surface area contributed by atoms with Crippen molar-refractivity contribution in [2.75, 3.05) is 20.8 Å². The minimum atomic E-state index is -4.64. The monoisotopic (exact) mass is 476 g/mol. The summed E-state index contributed by atoms with van der Waals surface area (Å²) in [4.78, 5) is 18.5. The first-order valence-corrected chi connectivity index (χ1v) is 10.4. The zero-order chi connectivity index (χ0) is 23.8. The van der Waals surface area contributed by atoms with E-state index in [2.05, 4.69) is 4.98 Å². The van der Waals surface area contributed by atoms with Gasteiger partial charge in [-0.2, -0.15) is 13.2 Å². The quantitative estimate of drug-likeness (QED) is 0.478. The van der Waals surface area contributed by atoms with E-state index in [1.54, 1.807) is 23.1 Å². The molecule has 0 unspecified atom stereocenters. The molecule has 0 bridgehead atoms. The van der Waals surface area contributed by atoms with Gasteiger partial charge in [-0.3, -0.25) is 9.78 Å². The third kappa shape index (κ3) is 4.61. The summed E-state index contributed by atoms with van der Waals surface area (Å²) in [6.07, 6.45) is -3.17. The molecular formula is C24H20ClF3N2O3. The van der Waals surface area contributed by atoms with Crippen molar-refractivity contribution >= 4 is 17.5 Å². The average molecular weight is 477 g/mol. The van der Waals surface area contributed by atoms with Crippen LogP contribution in [0.5, 0.6) is 11.5 Å². The molecule has 0 atom stereocenters. The van der Waals surface area contributed by atoms with Crippen molar-refractivity contribution in [3.05, 3.63) is 76.1 Å². The van der Waals surface area contributed by atoms with E-state index in [0.717, 1.165) is 11.8 Å². The number of nitrogens with zero attached hydrogens (tertiary/aromatic N) is 2. The number of methoxy groups -OCH3 is 2. The maximum atomic E-state index is 13.6. The van der Waals surface area contributed by atoms with Crippen LogP contribution in [0, 0.1) is 0 Å². The molecule has 2 heterocycles. The van der Waals surface area contributed by atoms with Gasteiger partial charge in [0.25, 0.3) is 5.91 Å². The fourth-order valence-corrected chi connectivity index (χ4v) is 4.25. The van der Waals surface area contributed by atoms with Crippen LogP contribution in [0.2, 0.25) is 5.02 Å². The number of rotatable bonds is 5. The highest BCUT2D eigenvalue weighted by Gasteiger charge is 2.37. The number of alkyl halides is 3. The number of carbonyl (C=O) groups excluding carboxylic acids is 1. The van der Waals surface area contributed by atoms with Gasteiger partial charge in [0.1, 0.15) is 11.5 Å². The molecule has 0 saturated carbocycles. The lowest BCUT2D eigenvalue weighted by Crippen LogP contribution is -2.37. The van der Waals surface area contributed by atoms with Crippen LogP contribution in [0.4, 0.5) is 13.2 Å². The maximum absolute atomic E-state index is 13.6. The molecule has 1 aliphatic heterocycles. The Morgan fingerprint density at radius 2 is 1.70 bits per heavy atom. The smallest absolute Gasteiger partial charge is 0.433 e. The third-order valence-electron chi connectivity index (χ3n) is 5.52. The lowest BCUT2D eigenvalue weighted by Gasteiger charge is -2.30. The SMILES string of the molecule is COc1cc(CN2CCc3c(cc(Cl)cc3-c3cccnc3C(F)(F)F)C2=O)cc(OC)c1. The Morgan fingerprint density at radius 3 is 2.33 bits per heavy atom. The molecule has 1 aliphatic rings. The molecule has 2 aromatic carbocycles. The summed E-state index contributed by atoms with van der Waals surface area (Å²) >= 11 is 6.25. The van der Waals surface area contributed by atoms with Crippen LogP contribution in [0.15, 0.2) is 48.7 Å². The van der Waals surface area contributed by atoms with Gasteiger partial charge in [0, 0.05) is 41.5 Å². The van der Waals surface area contributed by atoms with Crippen LogP contribution < -0.4 is 9.47 Å². The fraction of sp³-hybridized carbons (Fsp3) is 0.250. The second-order valence-electron chi connectivity index (χ2n) is 7.57. The first-order valence-electron chi connectivity index (χ1n) is 10.1. The molecule has 1 amide bonds. The largest absolute Gasteiger partial charge is 0.497 e. The average Bonchev–Trinajstić information content (AvgIpc) is 2.80. The maximum Gasteiger partial charge on any atom is 0.433 e. The summed E-state index contributed by atoms with van der Waals surface area (Å²) < 4.78 is 51.3. The highest BCUT2D eigenvalue weighted by molar-refractivity contribution is 6.31. The van der Waals surface area contributed by atoms with Crippen LogP contribution in [0.1, 0.15) is 27.2 Å². The Kier molecular flexibility index (Phi) is 6.21. The second-order valence-corrected chi connectivity index (χ2v) is 8.01. The Morgan fingerprint density at radius 1 is 1.03 bits per heavy atom. The van der Waals surface area contributed by atoms with Crippen molar-refractivity contribution in [3.63, 3.8) is 0 Å². The lowest BCUT2D eigenvalue weighted by molar-refractivity contribution is -0.140. The van der Waals surface area contributed by atoms with E-state index in [0.29, 0.717) is 30.0 Å². The van der Waals surface area contributed by atoms with E-state index in [9.17, 15) is 18.0 Å². The van der Waals surface area contributed by atoms with Crippen LogP contribution in [-0.2, 0) is 19.1 Å².